The standard InChI is InChI=1S/C22H17F3N4O4S/c23-22(24,25)14-12-13(26-21(31)16-4-2-10-32-16)8-9-15(14)27-18(30)6-1-7-19-28-20(29-33-19)17-5-3-11-34-17/h2-5,8-12H,1,6-7H2,(H,26,31)(H,27,30). The van der Waals surface area contributed by atoms with E-state index in [2.05, 4.69) is 20.8 Å². The van der Waals surface area contributed by atoms with Crippen molar-refractivity contribution in [3.05, 3.63) is 71.3 Å². The largest absolute Gasteiger partial charge is 0.459 e. The molecule has 2 amide bonds. The molecule has 0 aliphatic rings. The maximum atomic E-state index is 13.6. The number of anilines is 2. The third-order valence-electron chi connectivity index (χ3n) is 4.61. The van der Waals surface area contributed by atoms with Gasteiger partial charge in [0.2, 0.25) is 17.6 Å². The van der Waals surface area contributed by atoms with Crippen LogP contribution in [0.1, 0.15) is 34.9 Å². The second-order valence-electron chi connectivity index (χ2n) is 7.08. The smallest absolute Gasteiger partial charge is 0.418 e. The van der Waals surface area contributed by atoms with Crippen LogP contribution in [-0.4, -0.2) is 22.0 Å². The van der Waals surface area contributed by atoms with Crippen molar-refractivity contribution >= 4 is 34.5 Å². The van der Waals surface area contributed by atoms with Crippen LogP contribution < -0.4 is 10.6 Å². The Morgan fingerprint density at radius 3 is 2.65 bits per heavy atom. The van der Waals surface area contributed by atoms with E-state index in [-0.39, 0.29) is 17.9 Å². The minimum Gasteiger partial charge on any atom is -0.459 e. The van der Waals surface area contributed by atoms with Crippen LogP contribution in [0, 0.1) is 0 Å². The first-order valence-corrected chi connectivity index (χ1v) is 10.9. The molecule has 12 heteroatoms. The zero-order valence-electron chi connectivity index (χ0n) is 17.4. The number of halogens is 3. The van der Waals surface area contributed by atoms with Crippen LogP contribution in [0.2, 0.25) is 0 Å². The number of alkyl halides is 3. The Hall–Kier alpha value is -3.93. The highest BCUT2D eigenvalue weighted by atomic mass is 32.1. The summed E-state index contributed by atoms with van der Waals surface area (Å²) >= 11 is 1.46. The van der Waals surface area contributed by atoms with Crippen LogP contribution in [0.3, 0.4) is 0 Å². The molecule has 1 aromatic carbocycles. The minimum atomic E-state index is -4.75. The Kier molecular flexibility index (Phi) is 6.77. The van der Waals surface area contributed by atoms with Crippen LogP contribution in [0.15, 0.2) is 63.0 Å². The third kappa shape index (κ3) is 5.70. The van der Waals surface area contributed by atoms with E-state index in [0.717, 1.165) is 17.0 Å². The molecular weight excluding hydrogens is 473 g/mol. The van der Waals surface area contributed by atoms with E-state index in [1.807, 2.05) is 17.5 Å². The average Bonchev–Trinajstić information content (AvgIpc) is 3.56. The summed E-state index contributed by atoms with van der Waals surface area (Å²) in [6, 6.07) is 9.66. The Labute approximate surface area is 194 Å². The second-order valence-corrected chi connectivity index (χ2v) is 8.03. The number of furan rings is 1. The Morgan fingerprint density at radius 2 is 1.94 bits per heavy atom. The van der Waals surface area contributed by atoms with E-state index in [1.54, 1.807) is 0 Å². The molecule has 4 aromatic rings. The van der Waals surface area contributed by atoms with Crippen molar-refractivity contribution in [3.8, 4) is 10.7 Å². The van der Waals surface area contributed by atoms with Crippen LogP contribution in [0.5, 0.6) is 0 Å². The van der Waals surface area contributed by atoms with E-state index >= 15 is 0 Å². The molecule has 3 aromatic heterocycles. The van der Waals surface area contributed by atoms with Crippen LogP contribution in [-0.2, 0) is 17.4 Å². The highest BCUT2D eigenvalue weighted by Gasteiger charge is 2.34. The van der Waals surface area contributed by atoms with Gasteiger partial charge >= 0.3 is 6.18 Å². The van der Waals surface area contributed by atoms with E-state index in [9.17, 15) is 22.8 Å². The Morgan fingerprint density at radius 1 is 1.09 bits per heavy atom. The predicted molar refractivity (Wildman–Crippen MR) is 117 cm³/mol. The number of nitrogens with zero attached hydrogens (tertiary/aromatic N) is 2. The summed E-state index contributed by atoms with van der Waals surface area (Å²) in [7, 11) is 0. The van der Waals surface area contributed by atoms with Gasteiger partial charge in [0.15, 0.2) is 5.76 Å². The maximum Gasteiger partial charge on any atom is 0.418 e. The van der Waals surface area contributed by atoms with Gasteiger partial charge in [-0.1, -0.05) is 11.2 Å². The van der Waals surface area contributed by atoms with Crippen LogP contribution in [0.25, 0.3) is 10.7 Å². The summed E-state index contributed by atoms with van der Waals surface area (Å²) in [5, 5.41) is 10.4. The van der Waals surface area contributed by atoms with Gasteiger partial charge in [0.25, 0.3) is 5.91 Å². The van der Waals surface area contributed by atoms with Crippen LogP contribution in [0.4, 0.5) is 24.5 Å². The van der Waals surface area contributed by atoms with Gasteiger partial charge in [0.05, 0.1) is 22.4 Å². The number of hydrogen-bond acceptors (Lipinski definition) is 7. The highest BCUT2D eigenvalue weighted by Crippen LogP contribution is 2.37. The molecule has 0 fully saturated rings. The first kappa shape index (κ1) is 23.2. The van der Waals surface area contributed by atoms with Crippen molar-refractivity contribution in [3.63, 3.8) is 0 Å². The molecule has 0 aliphatic carbocycles. The number of aryl methyl sites for hydroxylation is 1. The van der Waals surface area contributed by atoms with Crippen molar-refractivity contribution in [2.24, 2.45) is 0 Å². The van der Waals surface area contributed by atoms with E-state index in [0.29, 0.717) is 24.6 Å². The highest BCUT2D eigenvalue weighted by molar-refractivity contribution is 7.13. The summed E-state index contributed by atoms with van der Waals surface area (Å²) in [5.41, 5.74) is -1.59. The van der Waals surface area contributed by atoms with Gasteiger partial charge in [0.1, 0.15) is 0 Å². The fourth-order valence-corrected chi connectivity index (χ4v) is 3.69. The van der Waals surface area contributed by atoms with Gasteiger partial charge in [0, 0.05) is 18.5 Å². The fourth-order valence-electron chi connectivity index (χ4n) is 3.04. The first-order valence-electron chi connectivity index (χ1n) is 10.0. The monoisotopic (exact) mass is 490 g/mol. The van der Waals surface area contributed by atoms with Crippen LogP contribution >= 0.6 is 11.3 Å². The molecule has 176 valence electrons. The van der Waals surface area contributed by atoms with Crippen molar-refractivity contribution < 1.29 is 31.7 Å². The number of benzene rings is 1. The summed E-state index contributed by atoms with van der Waals surface area (Å²) < 4.78 is 50.8. The number of nitrogens with one attached hydrogen (secondary N) is 2. The van der Waals surface area contributed by atoms with Gasteiger partial charge in [-0.05, 0) is 48.2 Å². The Balaban J connectivity index is 1.36. The molecule has 0 unspecified atom stereocenters. The van der Waals surface area contributed by atoms with Crippen molar-refractivity contribution in [2.75, 3.05) is 10.6 Å². The summed E-state index contributed by atoms with van der Waals surface area (Å²) in [6.45, 7) is 0. The molecule has 0 saturated carbocycles. The number of thiophene rings is 1. The molecular formula is C22H17F3N4O4S. The fraction of sp³-hybridized carbons (Fsp3) is 0.182. The summed E-state index contributed by atoms with van der Waals surface area (Å²) in [4.78, 5) is 29.4. The molecule has 0 atom stereocenters. The number of carbonyl (C=O) groups is 2. The lowest BCUT2D eigenvalue weighted by molar-refractivity contribution is -0.136. The quantitative estimate of drug-likeness (QED) is 0.332. The predicted octanol–water partition coefficient (Wildman–Crippen LogP) is 5.62. The molecule has 8 nitrogen and oxygen atoms in total. The molecule has 4 rings (SSSR count). The molecule has 0 spiro atoms. The zero-order chi connectivity index (χ0) is 24.1. The number of aromatic nitrogens is 2. The van der Waals surface area contributed by atoms with E-state index < -0.39 is 29.2 Å². The Bertz CT molecular complexity index is 1270. The van der Waals surface area contributed by atoms with Crippen molar-refractivity contribution in [1.82, 2.24) is 10.1 Å². The number of hydrogen-bond donors (Lipinski definition) is 2. The van der Waals surface area contributed by atoms with Gasteiger partial charge in [-0.25, -0.2) is 0 Å². The van der Waals surface area contributed by atoms with Gasteiger partial charge < -0.3 is 19.6 Å². The molecule has 0 aliphatic heterocycles. The molecule has 2 N–H and O–H groups in total. The average molecular weight is 490 g/mol. The first-order chi connectivity index (χ1) is 16.3. The second kappa shape index (κ2) is 9.91. The summed E-state index contributed by atoms with van der Waals surface area (Å²) in [6.07, 6.45) is -2.93. The van der Waals surface area contributed by atoms with Gasteiger partial charge in [-0.2, -0.15) is 18.2 Å². The SMILES string of the molecule is O=C(CCCc1nc(-c2cccs2)no1)Nc1ccc(NC(=O)c2ccco2)cc1C(F)(F)F. The lowest BCUT2D eigenvalue weighted by atomic mass is 10.1. The molecule has 0 bridgehead atoms. The van der Waals surface area contributed by atoms with E-state index in [4.69, 9.17) is 8.94 Å². The third-order valence-corrected chi connectivity index (χ3v) is 5.47. The summed E-state index contributed by atoms with van der Waals surface area (Å²) in [5.74, 6) is -0.559. The normalized spacial score (nSPS) is 11.4. The molecule has 34 heavy (non-hydrogen) atoms. The zero-order valence-corrected chi connectivity index (χ0v) is 18.2. The maximum absolute atomic E-state index is 13.6. The number of rotatable bonds is 8. The van der Waals surface area contributed by atoms with Crippen molar-refractivity contribution in [1.29, 1.82) is 0 Å². The molecule has 0 radical (unpaired) electrons. The molecule has 0 saturated heterocycles. The van der Waals surface area contributed by atoms with Crippen molar-refractivity contribution in [2.45, 2.75) is 25.4 Å². The number of carbonyl (C=O) groups excluding carboxylic acids is 2. The molecule has 3 heterocycles. The lowest BCUT2D eigenvalue weighted by Crippen LogP contribution is -2.18. The van der Waals surface area contributed by atoms with Gasteiger partial charge in [-0.15, -0.1) is 11.3 Å². The van der Waals surface area contributed by atoms with Gasteiger partial charge in [-0.3, -0.25) is 9.59 Å². The van der Waals surface area contributed by atoms with E-state index in [1.165, 1.54) is 35.8 Å². The topological polar surface area (TPSA) is 110 Å². The number of amides is 2. The minimum absolute atomic E-state index is 0.0466. The lowest BCUT2D eigenvalue weighted by Gasteiger charge is -2.15.